The van der Waals surface area contributed by atoms with E-state index in [0.717, 1.165) is 60.6 Å². The predicted octanol–water partition coefficient (Wildman–Crippen LogP) is 2.52. The van der Waals surface area contributed by atoms with Gasteiger partial charge in [-0.1, -0.05) is 12.1 Å². The van der Waals surface area contributed by atoms with Gasteiger partial charge in [0.1, 0.15) is 11.9 Å². The Labute approximate surface area is 166 Å². The van der Waals surface area contributed by atoms with Gasteiger partial charge in [0.25, 0.3) is 0 Å². The number of nitrogens with one attached hydrogen (secondary N) is 1. The molecule has 0 bridgehead atoms. The Morgan fingerprint density at radius 3 is 2.82 bits per heavy atom. The second-order valence-electron chi connectivity index (χ2n) is 8.06. The molecule has 2 aliphatic rings. The molecule has 0 saturated carbocycles. The maximum atomic E-state index is 12.5. The Morgan fingerprint density at radius 1 is 1.29 bits per heavy atom. The quantitative estimate of drug-likeness (QED) is 0.883. The number of ether oxygens (including phenoxy) is 1. The van der Waals surface area contributed by atoms with Crippen LogP contribution in [0, 0.1) is 19.8 Å². The molecule has 0 radical (unpaired) electrons. The second kappa shape index (κ2) is 7.87. The number of hydrogen-bond donors (Lipinski definition) is 1. The number of aryl methyl sites for hydroxylation is 2. The van der Waals surface area contributed by atoms with Gasteiger partial charge in [-0.3, -0.25) is 4.79 Å². The molecule has 1 N–H and O–H groups in total. The fourth-order valence-corrected chi connectivity index (χ4v) is 4.21. The third kappa shape index (κ3) is 4.02. The van der Waals surface area contributed by atoms with Crippen LogP contribution >= 0.6 is 0 Å². The first-order chi connectivity index (χ1) is 13.5. The van der Waals surface area contributed by atoms with Gasteiger partial charge in [-0.2, -0.15) is 0 Å². The van der Waals surface area contributed by atoms with Crippen LogP contribution in [0.1, 0.15) is 29.8 Å². The average molecular weight is 380 g/mol. The van der Waals surface area contributed by atoms with E-state index in [9.17, 15) is 4.79 Å². The smallest absolute Gasteiger partial charge is 0.224 e. The first-order valence-corrected chi connectivity index (χ1v) is 10.1. The van der Waals surface area contributed by atoms with Crippen molar-refractivity contribution in [3.05, 3.63) is 41.2 Å². The minimum atomic E-state index is -0.0488. The van der Waals surface area contributed by atoms with Crippen LogP contribution in [0.3, 0.4) is 0 Å². The number of aromatic nitrogens is 2. The summed E-state index contributed by atoms with van der Waals surface area (Å²) in [6.45, 7) is 6.40. The average Bonchev–Trinajstić information content (AvgIpc) is 3.08. The summed E-state index contributed by atoms with van der Waals surface area (Å²) in [7, 11) is 2.08. The lowest BCUT2D eigenvalue weighted by Gasteiger charge is -2.29. The molecule has 0 spiro atoms. The molecule has 1 amide bonds. The molecule has 4 rings (SSSR count). The largest absolute Gasteiger partial charge is 0.487 e. The number of benzene rings is 1. The van der Waals surface area contributed by atoms with Gasteiger partial charge >= 0.3 is 0 Å². The number of carbonyl (C=O) groups is 1. The van der Waals surface area contributed by atoms with Crippen LogP contribution in [-0.4, -0.2) is 53.6 Å². The van der Waals surface area contributed by atoms with Crippen LogP contribution in [-0.2, 0) is 11.2 Å². The molecule has 6 nitrogen and oxygen atoms in total. The van der Waals surface area contributed by atoms with Gasteiger partial charge in [-0.15, -0.1) is 0 Å². The first kappa shape index (κ1) is 18.9. The summed E-state index contributed by atoms with van der Waals surface area (Å²) in [5, 5.41) is 3.11. The molecule has 28 heavy (non-hydrogen) atoms. The van der Waals surface area contributed by atoms with E-state index in [4.69, 9.17) is 4.74 Å². The molecular weight excluding hydrogens is 352 g/mol. The highest BCUT2D eigenvalue weighted by atomic mass is 16.5. The molecule has 2 aliphatic heterocycles. The summed E-state index contributed by atoms with van der Waals surface area (Å²) in [5.74, 6) is 1.78. The van der Waals surface area contributed by atoms with Crippen molar-refractivity contribution in [3.8, 4) is 17.1 Å². The predicted molar refractivity (Wildman–Crippen MR) is 108 cm³/mol. The minimum absolute atomic E-state index is 0.0488. The van der Waals surface area contributed by atoms with E-state index in [-0.39, 0.29) is 17.9 Å². The molecule has 1 fully saturated rings. The van der Waals surface area contributed by atoms with E-state index >= 15 is 0 Å². The molecule has 3 heterocycles. The van der Waals surface area contributed by atoms with Crippen molar-refractivity contribution < 1.29 is 9.53 Å². The summed E-state index contributed by atoms with van der Waals surface area (Å²) in [5.41, 5.74) is 3.96. The Morgan fingerprint density at radius 2 is 2.07 bits per heavy atom. The maximum Gasteiger partial charge on any atom is 0.224 e. The third-order valence-corrected chi connectivity index (χ3v) is 5.55. The number of piperidine rings is 1. The van der Waals surface area contributed by atoms with Crippen LogP contribution in [0.2, 0.25) is 0 Å². The van der Waals surface area contributed by atoms with Crippen LogP contribution in [0.5, 0.6) is 5.75 Å². The molecule has 2 atom stereocenters. The molecule has 0 aliphatic carbocycles. The zero-order valence-electron chi connectivity index (χ0n) is 16.9. The minimum Gasteiger partial charge on any atom is -0.487 e. The number of carbonyl (C=O) groups excluding carboxylic acids is 1. The molecule has 1 aromatic carbocycles. The highest BCUT2D eigenvalue weighted by Crippen LogP contribution is 2.37. The van der Waals surface area contributed by atoms with Gasteiger partial charge in [0.05, 0.1) is 18.0 Å². The number of para-hydroxylation sites is 1. The summed E-state index contributed by atoms with van der Waals surface area (Å²) in [4.78, 5) is 23.9. The zero-order valence-corrected chi connectivity index (χ0v) is 16.9. The number of fused-ring (bicyclic) bond motifs is 1. The SMILES string of the molecule is Cc1cc(C)nc(-c2cccc3c2O[C@@H](CNC(=O)[C@H]2CCCN(C)C2)C3)n1. The molecule has 1 aromatic heterocycles. The van der Waals surface area contributed by atoms with Gasteiger partial charge < -0.3 is 15.0 Å². The number of rotatable bonds is 4. The fraction of sp³-hybridized carbons (Fsp3) is 0.500. The van der Waals surface area contributed by atoms with E-state index in [2.05, 4.69) is 33.3 Å². The van der Waals surface area contributed by atoms with Crippen molar-refractivity contribution in [1.29, 1.82) is 0 Å². The van der Waals surface area contributed by atoms with Gasteiger partial charge in [0.15, 0.2) is 5.82 Å². The van der Waals surface area contributed by atoms with E-state index < -0.39 is 0 Å². The zero-order chi connectivity index (χ0) is 19.7. The topological polar surface area (TPSA) is 67.3 Å². The molecule has 0 unspecified atom stereocenters. The van der Waals surface area contributed by atoms with Crippen molar-refractivity contribution in [2.75, 3.05) is 26.7 Å². The molecule has 148 valence electrons. The van der Waals surface area contributed by atoms with Crippen molar-refractivity contribution >= 4 is 5.91 Å². The Hall–Kier alpha value is -2.47. The van der Waals surface area contributed by atoms with Gasteiger partial charge in [-0.25, -0.2) is 9.97 Å². The monoisotopic (exact) mass is 380 g/mol. The molecule has 1 saturated heterocycles. The van der Waals surface area contributed by atoms with E-state index in [1.165, 1.54) is 0 Å². The number of amides is 1. The lowest BCUT2D eigenvalue weighted by atomic mass is 9.97. The summed E-state index contributed by atoms with van der Waals surface area (Å²) in [6.07, 6.45) is 2.79. The normalized spacial score (nSPS) is 21.8. The number of nitrogens with zero attached hydrogens (tertiary/aromatic N) is 3. The van der Waals surface area contributed by atoms with E-state index in [1.54, 1.807) is 0 Å². The third-order valence-electron chi connectivity index (χ3n) is 5.55. The second-order valence-corrected chi connectivity index (χ2v) is 8.06. The van der Waals surface area contributed by atoms with Gasteiger partial charge in [0, 0.05) is 24.4 Å². The highest BCUT2D eigenvalue weighted by molar-refractivity contribution is 5.79. The van der Waals surface area contributed by atoms with Crippen molar-refractivity contribution in [2.24, 2.45) is 5.92 Å². The highest BCUT2D eigenvalue weighted by Gasteiger charge is 2.29. The van der Waals surface area contributed by atoms with E-state index in [0.29, 0.717) is 12.4 Å². The molecule has 6 heteroatoms. The number of likely N-dealkylation sites (tertiary alicyclic amines) is 1. The van der Waals surface area contributed by atoms with Crippen molar-refractivity contribution in [3.63, 3.8) is 0 Å². The van der Waals surface area contributed by atoms with Gasteiger partial charge in [0.2, 0.25) is 5.91 Å². The summed E-state index contributed by atoms with van der Waals surface area (Å²) in [6, 6.07) is 8.08. The summed E-state index contributed by atoms with van der Waals surface area (Å²) < 4.78 is 6.23. The van der Waals surface area contributed by atoms with Crippen molar-refractivity contribution in [2.45, 2.75) is 39.2 Å². The van der Waals surface area contributed by atoms with Crippen LogP contribution in [0.4, 0.5) is 0 Å². The lowest BCUT2D eigenvalue weighted by molar-refractivity contribution is -0.126. The fourth-order valence-electron chi connectivity index (χ4n) is 4.21. The lowest BCUT2D eigenvalue weighted by Crippen LogP contribution is -2.44. The number of hydrogen-bond acceptors (Lipinski definition) is 5. The Kier molecular flexibility index (Phi) is 5.31. The Bertz CT molecular complexity index is 863. The maximum absolute atomic E-state index is 12.5. The van der Waals surface area contributed by atoms with Crippen LogP contribution in [0.15, 0.2) is 24.3 Å². The van der Waals surface area contributed by atoms with E-state index in [1.807, 2.05) is 32.0 Å². The molecule has 2 aromatic rings. The first-order valence-electron chi connectivity index (χ1n) is 10.1. The van der Waals surface area contributed by atoms with Crippen molar-refractivity contribution in [1.82, 2.24) is 20.2 Å². The Balaban J connectivity index is 1.43. The van der Waals surface area contributed by atoms with Gasteiger partial charge in [-0.05, 0) is 58.0 Å². The molecular formula is C22H28N4O2. The van der Waals surface area contributed by atoms with Crippen LogP contribution in [0.25, 0.3) is 11.4 Å². The summed E-state index contributed by atoms with van der Waals surface area (Å²) >= 11 is 0. The van der Waals surface area contributed by atoms with Crippen LogP contribution < -0.4 is 10.1 Å². The standard InChI is InChI=1S/C22H28N4O2/c1-14-10-15(2)25-21(24-14)19-8-4-6-16-11-18(28-20(16)19)12-23-22(27)17-7-5-9-26(3)13-17/h4,6,8,10,17-18H,5,7,9,11-13H2,1-3H3,(H,23,27)/t17-,18+/m0/s1.